The Balaban J connectivity index is 0.000000861. The number of hydrogen-bond acceptors (Lipinski definition) is 3. The summed E-state index contributed by atoms with van der Waals surface area (Å²) in [6.07, 6.45) is 1.08. The topological polar surface area (TPSA) is 50.2 Å². The van der Waals surface area contributed by atoms with Crippen molar-refractivity contribution in [2.24, 2.45) is 0 Å². The quantitative estimate of drug-likeness (QED) is 0.889. The summed E-state index contributed by atoms with van der Waals surface area (Å²) in [5.74, 6) is -0.0803. The molecule has 1 aromatic rings. The highest BCUT2D eigenvalue weighted by Gasteiger charge is 2.17. The zero-order chi connectivity index (χ0) is 14.4. The normalized spacial score (nSPS) is 15.3. The fourth-order valence-corrected chi connectivity index (χ4v) is 2.07. The number of fused-ring (bicyclic) bond motifs is 1. The molecule has 19 heavy (non-hydrogen) atoms. The maximum Gasteiger partial charge on any atom is 0.271 e. The molecule has 1 aliphatic heterocycles. The maximum absolute atomic E-state index is 11.8. The second kappa shape index (κ2) is 7.28. The lowest BCUT2D eigenvalue weighted by atomic mass is 10.3. The minimum absolute atomic E-state index is 0.0803. The first-order chi connectivity index (χ1) is 9.06. The summed E-state index contributed by atoms with van der Waals surface area (Å²) in [5, 5.41) is 7.24. The van der Waals surface area contributed by atoms with Crippen LogP contribution in [0.1, 0.15) is 50.3 Å². The second-order valence-corrected chi connectivity index (χ2v) is 4.96. The molecule has 0 fully saturated rings. The van der Waals surface area contributed by atoms with Gasteiger partial charge in [0.15, 0.2) is 0 Å². The number of aromatic nitrogens is 2. The van der Waals surface area contributed by atoms with E-state index >= 15 is 0 Å². The smallest absolute Gasteiger partial charge is 0.271 e. The van der Waals surface area contributed by atoms with Gasteiger partial charge in [0.05, 0.1) is 5.69 Å². The zero-order valence-electron chi connectivity index (χ0n) is 12.7. The average Bonchev–Trinajstić information content (AvgIpc) is 2.66. The van der Waals surface area contributed by atoms with Gasteiger partial charge in [0.25, 0.3) is 5.91 Å². The molecule has 108 valence electrons. The van der Waals surface area contributed by atoms with Crippen molar-refractivity contribution < 1.29 is 4.79 Å². The van der Waals surface area contributed by atoms with Crippen LogP contribution in [0.5, 0.6) is 0 Å². The number of aryl methyl sites for hydroxylation is 1. The van der Waals surface area contributed by atoms with Gasteiger partial charge in [-0.15, -0.1) is 0 Å². The van der Waals surface area contributed by atoms with Crippen LogP contribution in [0.25, 0.3) is 0 Å². The van der Waals surface area contributed by atoms with Crippen molar-refractivity contribution in [3.8, 4) is 0 Å². The van der Waals surface area contributed by atoms with Gasteiger partial charge < -0.3 is 10.2 Å². The van der Waals surface area contributed by atoms with Gasteiger partial charge in [-0.25, -0.2) is 0 Å². The summed E-state index contributed by atoms with van der Waals surface area (Å²) in [4.78, 5) is 14.1. The summed E-state index contributed by atoms with van der Waals surface area (Å²) in [5.41, 5.74) is 1.66. The number of amides is 1. The van der Waals surface area contributed by atoms with Crippen LogP contribution in [-0.4, -0.2) is 40.2 Å². The summed E-state index contributed by atoms with van der Waals surface area (Å²) < 4.78 is 1.96. The summed E-state index contributed by atoms with van der Waals surface area (Å²) in [6, 6.07) is 2.05. The van der Waals surface area contributed by atoms with E-state index in [9.17, 15) is 4.79 Å². The standard InChI is InChI=1S/C12H20N4O.C2H6/c1-9(2)13-12(17)11-7-10-8-15(3)5-4-6-16(10)14-11;1-2/h7,9H,4-6,8H2,1-3H3,(H,13,17);1-2H3. The average molecular weight is 266 g/mol. The van der Waals surface area contributed by atoms with Crippen LogP contribution < -0.4 is 5.32 Å². The predicted molar refractivity (Wildman–Crippen MR) is 77.1 cm³/mol. The number of nitrogens with zero attached hydrogens (tertiary/aromatic N) is 3. The summed E-state index contributed by atoms with van der Waals surface area (Å²) in [7, 11) is 2.09. The van der Waals surface area contributed by atoms with E-state index in [0.717, 1.165) is 31.7 Å². The summed E-state index contributed by atoms with van der Waals surface area (Å²) in [6.45, 7) is 10.7. The van der Waals surface area contributed by atoms with E-state index in [1.807, 2.05) is 38.4 Å². The van der Waals surface area contributed by atoms with Crippen LogP contribution in [0.3, 0.4) is 0 Å². The van der Waals surface area contributed by atoms with E-state index in [1.54, 1.807) is 0 Å². The Labute approximate surface area is 116 Å². The third-order valence-corrected chi connectivity index (χ3v) is 2.86. The van der Waals surface area contributed by atoms with E-state index in [1.165, 1.54) is 0 Å². The molecule has 0 atom stereocenters. The highest BCUT2D eigenvalue weighted by molar-refractivity contribution is 5.92. The largest absolute Gasteiger partial charge is 0.348 e. The monoisotopic (exact) mass is 266 g/mol. The minimum atomic E-state index is -0.0803. The molecule has 0 bridgehead atoms. The van der Waals surface area contributed by atoms with Gasteiger partial charge in [-0.3, -0.25) is 9.48 Å². The molecular formula is C14H26N4O. The van der Waals surface area contributed by atoms with E-state index in [2.05, 4.69) is 22.4 Å². The van der Waals surface area contributed by atoms with Gasteiger partial charge in [0.2, 0.25) is 0 Å². The molecule has 1 amide bonds. The van der Waals surface area contributed by atoms with Crippen molar-refractivity contribution in [2.45, 2.75) is 53.2 Å². The van der Waals surface area contributed by atoms with Crippen molar-refractivity contribution >= 4 is 5.91 Å². The molecule has 0 saturated heterocycles. The van der Waals surface area contributed by atoms with E-state index < -0.39 is 0 Å². The Morgan fingerprint density at radius 1 is 1.37 bits per heavy atom. The molecule has 0 unspecified atom stereocenters. The van der Waals surface area contributed by atoms with Crippen molar-refractivity contribution in [2.75, 3.05) is 13.6 Å². The molecule has 0 aliphatic carbocycles. The van der Waals surface area contributed by atoms with Gasteiger partial charge in [-0.05, 0) is 33.4 Å². The van der Waals surface area contributed by atoms with Crippen LogP contribution in [0.2, 0.25) is 0 Å². The third kappa shape index (κ3) is 4.35. The van der Waals surface area contributed by atoms with Crippen molar-refractivity contribution in [3.05, 3.63) is 17.5 Å². The minimum Gasteiger partial charge on any atom is -0.348 e. The molecule has 2 heterocycles. The molecule has 5 nitrogen and oxygen atoms in total. The molecule has 0 radical (unpaired) electrons. The maximum atomic E-state index is 11.8. The lowest BCUT2D eigenvalue weighted by molar-refractivity contribution is 0.0937. The first-order valence-corrected chi connectivity index (χ1v) is 7.12. The van der Waals surface area contributed by atoms with Crippen LogP contribution >= 0.6 is 0 Å². The van der Waals surface area contributed by atoms with Crippen molar-refractivity contribution in [1.82, 2.24) is 20.0 Å². The molecule has 1 N–H and O–H groups in total. The van der Waals surface area contributed by atoms with E-state index in [-0.39, 0.29) is 11.9 Å². The summed E-state index contributed by atoms with van der Waals surface area (Å²) >= 11 is 0. The predicted octanol–water partition coefficient (Wildman–Crippen LogP) is 1.88. The van der Waals surface area contributed by atoms with Gasteiger partial charge in [0.1, 0.15) is 5.69 Å². The third-order valence-electron chi connectivity index (χ3n) is 2.86. The SMILES string of the molecule is CC.CC(C)NC(=O)c1cc2n(n1)CCCN(C)C2. The first-order valence-electron chi connectivity index (χ1n) is 7.12. The van der Waals surface area contributed by atoms with Crippen molar-refractivity contribution in [3.63, 3.8) is 0 Å². The highest BCUT2D eigenvalue weighted by Crippen LogP contribution is 2.12. The van der Waals surface area contributed by atoms with E-state index in [4.69, 9.17) is 0 Å². The van der Waals surface area contributed by atoms with Gasteiger partial charge in [-0.2, -0.15) is 5.10 Å². The number of carbonyl (C=O) groups excluding carboxylic acids is 1. The lowest BCUT2D eigenvalue weighted by Gasteiger charge is -2.10. The van der Waals surface area contributed by atoms with Crippen molar-refractivity contribution in [1.29, 1.82) is 0 Å². The fraction of sp³-hybridized carbons (Fsp3) is 0.714. The first kappa shape index (κ1) is 15.7. The molecule has 5 heteroatoms. The van der Waals surface area contributed by atoms with Crippen LogP contribution in [0.15, 0.2) is 6.07 Å². The number of hydrogen-bond donors (Lipinski definition) is 1. The molecule has 1 aliphatic rings. The molecule has 0 saturated carbocycles. The number of carbonyl (C=O) groups is 1. The molecule has 2 rings (SSSR count). The Morgan fingerprint density at radius 2 is 2.05 bits per heavy atom. The van der Waals surface area contributed by atoms with Gasteiger partial charge in [-0.1, -0.05) is 13.8 Å². The van der Waals surface area contributed by atoms with Crippen LogP contribution in [0.4, 0.5) is 0 Å². The lowest BCUT2D eigenvalue weighted by Crippen LogP contribution is -2.30. The second-order valence-electron chi connectivity index (χ2n) is 4.96. The highest BCUT2D eigenvalue weighted by atomic mass is 16.2. The number of nitrogens with one attached hydrogen (secondary N) is 1. The van der Waals surface area contributed by atoms with Crippen LogP contribution in [0, 0.1) is 0 Å². The Hall–Kier alpha value is -1.36. The Kier molecular flexibility index (Phi) is 6.02. The van der Waals surface area contributed by atoms with Gasteiger partial charge >= 0.3 is 0 Å². The van der Waals surface area contributed by atoms with Crippen LogP contribution in [-0.2, 0) is 13.1 Å². The molecule has 0 spiro atoms. The number of rotatable bonds is 2. The fourth-order valence-electron chi connectivity index (χ4n) is 2.07. The molecule has 0 aromatic carbocycles. The van der Waals surface area contributed by atoms with E-state index in [0.29, 0.717) is 5.69 Å². The molecule has 1 aromatic heterocycles. The Morgan fingerprint density at radius 3 is 2.68 bits per heavy atom. The zero-order valence-corrected chi connectivity index (χ0v) is 12.7. The molecular weight excluding hydrogens is 240 g/mol. The Bertz CT molecular complexity index is 412. The van der Waals surface area contributed by atoms with Gasteiger partial charge in [0, 0.05) is 25.7 Å².